The Labute approximate surface area is 245 Å². The smallest absolute Gasteiger partial charge is 0.410 e. The molecule has 0 radical (unpaired) electrons. The molecule has 2 aliphatic rings. The summed E-state index contributed by atoms with van der Waals surface area (Å²) in [6.07, 6.45) is 1.95. The molecule has 1 aromatic heterocycles. The highest BCUT2D eigenvalue weighted by Crippen LogP contribution is 2.44. The lowest BCUT2D eigenvalue weighted by atomic mass is 9.89. The van der Waals surface area contributed by atoms with Crippen LogP contribution in [0.15, 0.2) is 59.0 Å². The van der Waals surface area contributed by atoms with E-state index in [-0.39, 0.29) is 30.9 Å². The molecule has 0 aliphatic heterocycles. The molecule has 1 fully saturated rings. The zero-order chi connectivity index (χ0) is 30.0. The molecule has 2 aromatic carbocycles. The van der Waals surface area contributed by atoms with Crippen LogP contribution in [-0.2, 0) is 16.0 Å². The van der Waals surface area contributed by atoms with Crippen LogP contribution in [0.3, 0.4) is 0 Å². The van der Waals surface area contributed by atoms with E-state index in [1.165, 1.54) is 0 Å². The molecule has 2 atom stereocenters. The van der Waals surface area contributed by atoms with Crippen molar-refractivity contribution in [2.75, 3.05) is 6.61 Å². The number of furan rings is 1. The zero-order valence-electron chi connectivity index (χ0n) is 24.5. The van der Waals surface area contributed by atoms with Crippen LogP contribution in [0.2, 0.25) is 0 Å². The van der Waals surface area contributed by atoms with E-state index in [4.69, 9.17) is 13.9 Å². The normalized spacial score (nSPS) is 18.1. The molecule has 2 amide bonds. The Morgan fingerprint density at radius 2 is 1.62 bits per heavy atom. The number of aromatic carboxylic acids is 1. The Bertz CT molecular complexity index is 1430. The number of alkyl carbamates (subject to hydrolysis) is 1. The predicted molar refractivity (Wildman–Crippen MR) is 156 cm³/mol. The number of hydrogen-bond acceptors (Lipinski definition) is 6. The molecule has 2 unspecified atom stereocenters. The molecule has 42 heavy (non-hydrogen) atoms. The van der Waals surface area contributed by atoms with Crippen molar-refractivity contribution in [2.24, 2.45) is 0 Å². The molecule has 0 spiro atoms. The van der Waals surface area contributed by atoms with Crippen LogP contribution in [0, 0.1) is 6.92 Å². The van der Waals surface area contributed by atoms with E-state index in [1.807, 2.05) is 24.3 Å². The number of fused-ring (bicyclic) bond motifs is 3. The quantitative estimate of drug-likeness (QED) is 0.316. The number of carbonyl (C=O) groups excluding carboxylic acids is 2. The van der Waals surface area contributed by atoms with Crippen molar-refractivity contribution < 1.29 is 33.4 Å². The Morgan fingerprint density at radius 1 is 1.00 bits per heavy atom. The zero-order valence-corrected chi connectivity index (χ0v) is 24.5. The molecule has 3 aromatic rings. The summed E-state index contributed by atoms with van der Waals surface area (Å²) < 4.78 is 17.2. The van der Waals surface area contributed by atoms with Gasteiger partial charge in [0, 0.05) is 11.5 Å². The number of benzene rings is 2. The fraction of sp³-hybridized carbons (Fsp3) is 0.424. The number of nitrogens with one attached hydrogen (secondary N) is 1. The minimum atomic E-state index is -1.17. The Balaban J connectivity index is 1.40. The first-order valence-electron chi connectivity index (χ1n) is 14.5. The van der Waals surface area contributed by atoms with Gasteiger partial charge in [-0.15, -0.1) is 0 Å². The largest absolute Gasteiger partial charge is 0.475 e. The maximum atomic E-state index is 13.9. The standard InChI is InChI=1S/C33H38N2O7/c1-20-17-21(41-29(20)30(36)37)18-35(28-16-10-9-15-27(28)34-31(38)42-33(2,3)4)32(39)40-19-26-24-13-7-5-11-22(24)23-12-6-8-14-25(23)26/h5-8,11-14,17,26-28H,9-10,15-16,18-19H2,1-4H3,(H,34,38)(H,36,37). The highest BCUT2D eigenvalue weighted by Gasteiger charge is 2.37. The third kappa shape index (κ3) is 6.30. The van der Waals surface area contributed by atoms with Gasteiger partial charge >= 0.3 is 18.2 Å². The second kappa shape index (κ2) is 11.9. The Kier molecular flexibility index (Phi) is 8.29. The molecule has 9 nitrogen and oxygen atoms in total. The second-order valence-electron chi connectivity index (χ2n) is 12.1. The Morgan fingerprint density at radius 3 is 2.21 bits per heavy atom. The van der Waals surface area contributed by atoms with Gasteiger partial charge in [0.15, 0.2) is 0 Å². The Hall–Kier alpha value is -4.27. The summed E-state index contributed by atoms with van der Waals surface area (Å²) in [6.45, 7) is 7.19. The van der Waals surface area contributed by atoms with Crippen LogP contribution in [0.1, 0.15) is 85.4 Å². The van der Waals surface area contributed by atoms with Gasteiger partial charge in [0.2, 0.25) is 5.76 Å². The molecular weight excluding hydrogens is 536 g/mol. The number of nitrogens with zero attached hydrogens (tertiary/aromatic N) is 1. The van der Waals surface area contributed by atoms with E-state index in [1.54, 1.807) is 38.7 Å². The van der Waals surface area contributed by atoms with E-state index in [2.05, 4.69) is 29.6 Å². The van der Waals surface area contributed by atoms with Crippen molar-refractivity contribution >= 4 is 18.2 Å². The minimum absolute atomic E-state index is 0.00194. The van der Waals surface area contributed by atoms with Gasteiger partial charge in [-0.05, 0) is 68.9 Å². The number of rotatable bonds is 7. The number of hydrogen-bond donors (Lipinski definition) is 2. The van der Waals surface area contributed by atoms with Crippen molar-refractivity contribution in [2.45, 2.75) is 83.5 Å². The molecular formula is C33H38N2O7. The number of amides is 2. The summed E-state index contributed by atoms with van der Waals surface area (Å²) in [5.41, 5.74) is 4.27. The lowest BCUT2D eigenvalue weighted by Crippen LogP contribution is -2.55. The highest BCUT2D eigenvalue weighted by molar-refractivity contribution is 5.86. The van der Waals surface area contributed by atoms with Crippen LogP contribution in [0.4, 0.5) is 9.59 Å². The average molecular weight is 575 g/mol. The van der Waals surface area contributed by atoms with Crippen molar-refractivity contribution in [3.05, 3.63) is 82.8 Å². The minimum Gasteiger partial charge on any atom is -0.475 e. The summed E-state index contributed by atoms with van der Waals surface area (Å²) in [5.74, 6) is -1.12. The summed E-state index contributed by atoms with van der Waals surface area (Å²) in [4.78, 5) is 39.8. The van der Waals surface area contributed by atoms with Gasteiger partial charge in [0.1, 0.15) is 18.0 Å². The highest BCUT2D eigenvalue weighted by atomic mass is 16.6. The molecule has 1 heterocycles. The number of aryl methyl sites for hydroxylation is 1. The SMILES string of the molecule is Cc1cc(CN(C(=O)OCC2c3ccccc3-c3ccccc32)C2CCCCC2NC(=O)OC(C)(C)C)oc1C(=O)O. The third-order valence-corrected chi connectivity index (χ3v) is 7.89. The monoisotopic (exact) mass is 574 g/mol. The molecule has 222 valence electrons. The van der Waals surface area contributed by atoms with Crippen LogP contribution in [-0.4, -0.2) is 52.5 Å². The first-order valence-corrected chi connectivity index (χ1v) is 14.5. The number of carboxylic acid groups (broad SMARTS) is 1. The maximum absolute atomic E-state index is 13.9. The summed E-state index contributed by atoms with van der Waals surface area (Å²) in [6, 6.07) is 17.1. The van der Waals surface area contributed by atoms with Crippen molar-refractivity contribution in [3.8, 4) is 11.1 Å². The molecule has 9 heteroatoms. The molecule has 5 rings (SSSR count). The van der Waals surface area contributed by atoms with Crippen LogP contribution in [0.25, 0.3) is 11.1 Å². The van der Waals surface area contributed by atoms with Gasteiger partial charge < -0.3 is 24.3 Å². The van der Waals surface area contributed by atoms with Crippen LogP contribution in [0.5, 0.6) is 0 Å². The average Bonchev–Trinajstić information content (AvgIpc) is 3.47. The van der Waals surface area contributed by atoms with Gasteiger partial charge in [-0.3, -0.25) is 4.90 Å². The number of ether oxygens (including phenoxy) is 2. The number of carbonyl (C=O) groups is 3. The van der Waals surface area contributed by atoms with Gasteiger partial charge in [-0.25, -0.2) is 14.4 Å². The van der Waals surface area contributed by atoms with Gasteiger partial charge in [-0.1, -0.05) is 61.4 Å². The third-order valence-electron chi connectivity index (χ3n) is 7.89. The summed E-state index contributed by atoms with van der Waals surface area (Å²) >= 11 is 0. The molecule has 2 N–H and O–H groups in total. The van der Waals surface area contributed by atoms with E-state index in [0.29, 0.717) is 24.2 Å². The predicted octanol–water partition coefficient (Wildman–Crippen LogP) is 6.87. The van der Waals surface area contributed by atoms with E-state index in [0.717, 1.165) is 35.1 Å². The first-order chi connectivity index (χ1) is 20.0. The topological polar surface area (TPSA) is 118 Å². The molecule has 1 saturated carbocycles. The van der Waals surface area contributed by atoms with Crippen LogP contribution < -0.4 is 5.32 Å². The van der Waals surface area contributed by atoms with E-state index >= 15 is 0 Å². The van der Waals surface area contributed by atoms with Crippen molar-refractivity contribution in [1.82, 2.24) is 10.2 Å². The lowest BCUT2D eigenvalue weighted by molar-refractivity contribution is 0.0354. The lowest BCUT2D eigenvalue weighted by Gasteiger charge is -2.39. The first kappa shape index (κ1) is 29.2. The summed E-state index contributed by atoms with van der Waals surface area (Å²) in [7, 11) is 0. The molecule has 2 aliphatic carbocycles. The fourth-order valence-corrected chi connectivity index (χ4v) is 6.11. The summed E-state index contributed by atoms with van der Waals surface area (Å²) in [5, 5.41) is 12.5. The second-order valence-corrected chi connectivity index (χ2v) is 12.1. The fourth-order valence-electron chi connectivity index (χ4n) is 6.11. The van der Waals surface area contributed by atoms with Crippen molar-refractivity contribution in [3.63, 3.8) is 0 Å². The van der Waals surface area contributed by atoms with Crippen LogP contribution >= 0.6 is 0 Å². The molecule has 0 bridgehead atoms. The van der Waals surface area contributed by atoms with Crippen molar-refractivity contribution in [1.29, 1.82) is 0 Å². The van der Waals surface area contributed by atoms with Gasteiger partial charge in [0.25, 0.3) is 0 Å². The maximum Gasteiger partial charge on any atom is 0.410 e. The van der Waals surface area contributed by atoms with Gasteiger partial charge in [0.05, 0.1) is 18.6 Å². The van der Waals surface area contributed by atoms with E-state index < -0.39 is 29.8 Å². The van der Waals surface area contributed by atoms with Gasteiger partial charge in [-0.2, -0.15) is 0 Å². The number of carboxylic acids is 1. The molecule has 0 saturated heterocycles. The van der Waals surface area contributed by atoms with E-state index in [9.17, 15) is 19.5 Å².